The minimum absolute atomic E-state index is 0.107. The van der Waals surface area contributed by atoms with E-state index in [0.29, 0.717) is 25.1 Å². The van der Waals surface area contributed by atoms with Gasteiger partial charge in [-0.3, -0.25) is 4.79 Å². The topological polar surface area (TPSA) is 59.5 Å². The summed E-state index contributed by atoms with van der Waals surface area (Å²) in [5.41, 5.74) is -0.583. The number of carbonyl (C=O) groups excluding carboxylic acids is 2. The van der Waals surface area contributed by atoms with Gasteiger partial charge in [0.2, 0.25) is 5.91 Å². The number of carbonyl (C=O) groups is 2. The molecule has 1 saturated heterocycles. The van der Waals surface area contributed by atoms with Gasteiger partial charge in [0.05, 0.1) is 6.04 Å². The number of thioether (sulfide) groups is 1. The first kappa shape index (κ1) is 20.9. The average Bonchev–Trinajstić information content (AvgIpc) is 3.27. The summed E-state index contributed by atoms with van der Waals surface area (Å²) in [5, 5.41) is 1.73. The molecular weight excluding hydrogens is 392 g/mol. The summed E-state index contributed by atoms with van der Waals surface area (Å²) >= 11 is 3.00. The Kier molecular flexibility index (Phi) is 7.19. The van der Waals surface area contributed by atoms with Crippen molar-refractivity contribution in [1.82, 2.24) is 9.88 Å². The lowest BCUT2D eigenvalue weighted by molar-refractivity contribution is -0.128. The van der Waals surface area contributed by atoms with Crippen LogP contribution in [0.3, 0.4) is 0 Å². The first-order valence-corrected chi connectivity index (χ1v) is 11.6. The molecule has 1 fully saturated rings. The molecule has 2 atom stereocenters. The van der Waals surface area contributed by atoms with Crippen molar-refractivity contribution in [3.63, 3.8) is 0 Å². The Balaban J connectivity index is 1.84. The highest BCUT2D eigenvalue weighted by molar-refractivity contribution is 8.01. The zero-order valence-electron chi connectivity index (χ0n) is 16.4. The van der Waals surface area contributed by atoms with Gasteiger partial charge in [0, 0.05) is 36.9 Å². The Hall–Kier alpha value is -1.78. The third kappa shape index (κ3) is 5.39. The van der Waals surface area contributed by atoms with Crippen LogP contribution in [0.2, 0.25) is 0 Å². The number of fused-ring (bicyclic) bond motifs is 3. The number of aromatic nitrogens is 1. The number of unbranched alkanes of at least 4 members (excludes halogenated alkanes) is 2. The van der Waals surface area contributed by atoms with Crippen LogP contribution in [0.4, 0.5) is 0 Å². The monoisotopic (exact) mass is 418 g/mol. The molecule has 2 aliphatic heterocycles. The number of hydrogen-bond acceptors (Lipinski definition) is 6. The molecule has 0 aliphatic carbocycles. The molecule has 1 aromatic heterocycles. The third-order valence-electron chi connectivity index (χ3n) is 4.82. The van der Waals surface area contributed by atoms with Crippen molar-refractivity contribution in [1.29, 1.82) is 0 Å². The van der Waals surface area contributed by atoms with Crippen molar-refractivity contribution in [2.45, 2.75) is 68.4 Å². The van der Waals surface area contributed by atoms with Crippen LogP contribution in [0, 0.1) is 11.8 Å². The fourth-order valence-corrected chi connectivity index (χ4v) is 5.04. The lowest BCUT2D eigenvalue weighted by atomic mass is 10.0. The standard InChI is InChI=1S/C21H26N2O3S2/c1-3-4-5-6-11-21(2)12-7-8-16-9-10-18(24)23(16)13-14-27-20-22-17(15-28-20)19(25)26-21/h7-8,15-16H,3-5,9-10,12-14H2,1-2H3/b8-7+/t16-,21-/m0/s1. The van der Waals surface area contributed by atoms with Crippen LogP contribution < -0.4 is 0 Å². The molecule has 2 aliphatic rings. The van der Waals surface area contributed by atoms with Gasteiger partial charge in [-0.15, -0.1) is 11.3 Å². The number of hydrogen-bond donors (Lipinski definition) is 0. The van der Waals surface area contributed by atoms with E-state index in [-0.39, 0.29) is 11.9 Å². The van der Waals surface area contributed by atoms with Crippen LogP contribution in [0.5, 0.6) is 0 Å². The number of ether oxygens (including phenoxy) is 1. The smallest absolute Gasteiger partial charge is 0.359 e. The van der Waals surface area contributed by atoms with Gasteiger partial charge in [0.15, 0.2) is 15.6 Å². The van der Waals surface area contributed by atoms with Gasteiger partial charge in [-0.25, -0.2) is 9.78 Å². The quantitative estimate of drug-likeness (QED) is 0.310. The van der Waals surface area contributed by atoms with Gasteiger partial charge in [-0.1, -0.05) is 49.1 Å². The molecule has 3 rings (SSSR count). The number of rotatable bonds is 2. The molecule has 7 heteroatoms. The third-order valence-corrected chi connectivity index (χ3v) is 6.82. The highest BCUT2D eigenvalue weighted by Crippen LogP contribution is 2.28. The lowest BCUT2D eigenvalue weighted by Gasteiger charge is -2.24. The first-order valence-electron chi connectivity index (χ1n) is 9.78. The van der Waals surface area contributed by atoms with Crippen LogP contribution >= 0.6 is 23.1 Å². The molecule has 3 heterocycles. The molecule has 0 unspecified atom stereocenters. The first-order chi connectivity index (χ1) is 13.5. The van der Waals surface area contributed by atoms with E-state index in [9.17, 15) is 9.59 Å². The maximum Gasteiger partial charge on any atom is 0.359 e. The van der Waals surface area contributed by atoms with Crippen LogP contribution in [0.25, 0.3) is 0 Å². The number of esters is 1. The molecule has 150 valence electrons. The predicted molar refractivity (Wildman–Crippen MR) is 112 cm³/mol. The van der Waals surface area contributed by atoms with Crippen molar-refractivity contribution in [2.24, 2.45) is 0 Å². The van der Waals surface area contributed by atoms with E-state index >= 15 is 0 Å². The Labute approximate surface area is 174 Å². The normalized spacial score (nSPS) is 26.6. The molecular formula is C21H26N2O3S2. The van der Waals surface area contributed by atoms with Crippen molar-refractivity contribution < 1.29 is 14.3 Å². The van der Waals surface area contributed by atoms with E-state index in [1.807, 2.05) is 17.9 Å². The van der Waals surface area contributed by atoms with Gasteiger partial charge >= 0.3 is 5.97 Å². The molecule has 0 N–H and O–H groups in total. The van der Waals surface area contributed by atoms with Crippen LogP contribution in [0.15, 0.2) is 21.9 Å². The van der Waals surface area contributed by atoms with Crippen molar-refractivity contribution >= 4 is 35.0 Å². The summed E-state index contributed by atoms with van der Waals surface area (Å²) in [6.45, 7) is 4.66. The van der Waals surface area contributed by atoms with Crippen molar-refractivity contribution in [3.05, 3.63) is 23.2 Å². The summed E-state index contributed by atoms with van der Waals surface area (Å²) in [6.07, 6.45) is 8.88. The molecule has 5 nitrogen and oxygen atoms in total. The van der Waals surface area contributed by atoms with E-state index in [0.717, 1.165) is 35.8 Å². The number of thiazole rings is 1. The van der Waals surface area contributed by atoms with E-state index < -0.39 is 11.6 Å². The van der Waals surface area contributed by atoms with E-state index in [2.05, 4.69) is 29.8 Å². The summed E-state index contributed by atoms with van der Waals surface area (Å²) in [6, 6.07) is 0.107. The minimum atomic E-state index is -0.907. The molecule has 0 aromatic carbocycles. The summed E-state index contributed by atoms with van der Waals surface area (Å²) in [4.78, 5) is 31.2. The Morgan fingerprint density at radius 3 is 3.11 bits per heavy atom. The van der Waals surface area contributed by atoms with E-state index in [1.165, 1.54) is 11.3 Å². The average molecular weight is 419 g/mol. The van der Waals surface area contributed by atoms with Gasteiger partial charge < -0.3 is 9.64 Å². The number of amides is 1. The highest BCUT2D eigenvalue weighted by Gasteiger charge is 2.31. The maximum absolute atomic E-state index is 12.6. The molecule has 28 heavy (non-hydrogen) atoms. The van der Waals surface area contributed by atoms with Gasteiger partial charge in [-0.05, 0) is 19.8 Å². The Morgan fingerprint density at radius 2 is 2.29 bits per heavy atom. The molecule has 0 spiro atoms. The van der Waals surface area contributed by atoms with Crippen LogP contribution in [-0.2, 0) is 9.53 Å². The zero-order valence-corrected chi connectivity index (χ0v) is 18.0. The van der Waals surface area contributed by atoms with E-state index in [4.69, 9.17) is 4.74 Å². The van der Waals surface area contributed by atoms with E-state index in [1.54, 1.807) is 17.1 Å². The summed E-state index contributed by atoms with van der Waals surface area (Å²) in [5.74, 6) is 6.85. The summed E-state index contributed by atoms with van der Waals surface area (Å²) < 4.78 is 6.60. The number of cyclic esters (lactones) is 1. The van der Waals surface area contributed by atoms with Crippen LogP contribution in [0.1, 0.15) is 62.9 Å². The zero-order chi connectivity index (χ0) is 20.0. The summed E-state index contributed by atoms with van der Waals surface area (Å²) in [7, 11) is 0. The predicted octanol–water partition coefficient (Wildman–Crippen LogP) is 4.30. The molecule has 2 bridgehead atoms. The lowest BCUT2D eigenvalue weighted by Crippen LogP contribution is -2.34. The van der Waals surface area contributed by atoms with Crippen molar-refractivity contribution in [2.75, 3.05) is 12.3 Å². The Bertz CT molecular complexity index is 808. The van der Waals surface area contributed by atoms with Gasteiger partial charge in [0.25, 0.3) is 0 Å². The maximum atomic E-state index is 12.6. The second-order valence-corrected chi connectivity index (χ2v) is 9.40. The van der Waals surface area contributed by atoms with Crippen LogP contribution in [-0.4, -0.2) is 45.7 Å². The molecule has 0 radical (unpaired) electrons. The number of nitrogens with zero attached hydrogens (tertiary/aromatic N) is 2. The van der Waals surface area contributed by atoms with Crippen molar-refractivity contribution in [3.8, 4) is 11.8 Å². The second kappa shape index (κ2) is 9.62. The molecule has 0 saturated carbocycles. The Morgan fingerprint density at radius 1 is 1.43 bits per heavy atom. The minimum Gasteiger partial charge on any atom is -0.441 e. The largest absolute Gasteiger partial charge is 0.441 e. The fourth-order valence-electron chi connectivity index (χ4n) is 3.23. The second-order valence-electron chi connectivity index (χ2n) is 7.20. The SMILES string of the molecule is CCCCC#C[C@@]1(C)C/C=C/[C@H]2CCC(=O)N2CCSc2nc(cs2)C(=O)O1. The molecule has 1 aromatic rings. The van der Waals surface area contributed by atoms with Gasteiger partial charge in [-0.2, -0.15) is 0 Å². The fraction of sp³-hybridized carbons (Fsp3) is 0.571. The van der Waals surface area contributed by atoms with Gasteiger partial charge in [0.1, 0.15) is 0 Å². The highest BCUT2D eigenvalue weighted by atomic mass is 32.2. The molecule has 1 amide bonds.